The Morgan fingerprint density at radius 1 is 1.07 bits per heavy atom. The minimum absolute atomic E-state index is 0.0383. The molecule has 1 saturated heterocycles. The van der Waals surface area contributed by atoms with Gasteiger partial charge < -0.3 is 15.0 Å². The van der Waals surface area contributed by atoms with Gasteiger partial charge in [-0.3, -0.25) is 24.5 Å². The van der Waals surface area contributed by atoms with Crippen LogP contribution in [0.2, 0.25) is 0 Å². The van der Waals surface area contributed by atoms with Crippen molar-refractivity contribution in [1.82, 2.24) is 15.5 Å². The normalized spacial score (nSPS) is 22.8. The number of benzene rings is 2. The molecule has 0 radical (unpaired) electrons. The Labute approximate surface area is 235 Å². The summed E-state index contributed by atoms with van der Waals surface area (Å²) in [6.07, 6.45) is 3.52. The number of nitrogens with zero attached hydrogens (tertiary/aromatic N) is 1. The molecule has 8 nitrogen and oxygen atoms in total. The first-order valence-electron chi connectivity index (χ1n) is 14.4. The first kappa shape index (κ1) is 27.9. The van der Waals surface area contributed by atoms with Crippen molar-refractivity contribution in [2.45, 2.75) is 97.4 Å². The average Bonchev–Trinajstić information content (AvgIpc) is 3.26. The highest BCUT2D eigenvalue weighted by molar-refractivity contribution is 6.05. The van der Waals surface area contributed by atoms with Crippen molar-refractivity contribution in [2.75, 3.05) is 0 Å². The van der Waals surface area contributed by atoms with Gasteiger partial charge in [-0.05, 0) is 86.3 Å². The van der Waals surface area contributed by atoms with Gasteiger partial charge in [0.25, 0.3) is 5.91 Å². The van der Waals surface area contributed by atoms with E-state index in [1.807, 2.05) is 6.07 Å². The number of aryl methyl sites for hydroxylation is 1. The second-order valence-electron chi connectivity index (χ2n) is 11.8. The van der Waals surface area contributed by atoms with Crippen LogP contribution < -0.4 is 15.4 Å². The number of piperidine rings is 1. The minimum Gasteiger partial charge on any atom is -0.490 e. The molecule has 40 heavy (non-hydrogen) atoms. The standard InChI is InChI=1S/C32H39N3O5/c1-18(2)25-15-21(14-19(3)20(25)4)16-33-30(37)22-8-10-23(11-9-22)40-28-7-5-6-24-26(28)17-35(32(24)39)27-12-13-29(36)34-31(27)38/h5-7,14-15,18,22-23,27H,8-13,16-17H2,1-4H3,(H,33,37)(H,34,36,38). The fourth-order valence-electron chi connectivity index (χ4n) is 6.29. The number of hydrogen-bond donors (Lipinski definition) is 2. The number of carbonyl (C=O) groups is 4. The highest BCUT2D eigenvalue weighted by Gasteiger charge is 2.40. The van der Waals surface area contributed by atoms with Crippen LogP contribution in [0.5, 0.6) is 5.75 Å². The number of fused-ring (bicyclic) bond motifs is 1. The lowest BCUT2D eigenvalue weighted by Crippen LogP contribution is -2.52. The SMILES string of the molecule is Cc1cc(CNC(=O)C2CCC(Oc3cccc4c3CN(C3CCC(=O)NC3=O)C4=O)CC2)cc(C(C)C)c1C. The van der Waals surface area contributed by atoms with Crippen LogP contribution in [0.1, 0.15) is 96.5 Å². The van der Waals surface area contributed by atoms with Crippen LogP contribution in [-0.4, -0.2) is 40.7 Å². The number of amides is 4. The van der Waals surface area contributed by atoms with E-state index < -0.39 is 11.9 Å². The molecule has 2 aromatic rings. The van der Waals surface area contributed by atoms with Gasteiger partial charge in [-0.25, -0.2) is 0 Å². The lowest BCUT2D eigenvalue weighted by molar-refractivity contribution is -0.137. The van der Waals surface area contributed by atoms with E-state index in [1.54, 1.807) is 17.0 Å². The van der Waals surface area contributed by atoms with Crippen LogP contribution in [-0.2, 0) is 27.5 Å². The molecule has 212 valence electrons. The van der Waals surface area contributed by atoms with Gasteiger partial charge in [-0.1, -0.05) is 32.0 Å². The molecule has 0 aromatic heterocycles. The van der Waals surface area contributed by atoms with Crippen LogP contribution >= 0.6 is 0 Å². The van der Waals surface area contributed by atoms with Gasteiger partial charge >= 0.3 is 0 Å². The molecule has 2 N–H and O–H groups in total. The average molecular weight is 546 g/mol. The van der Waals surface area contributed by atoms with Gasteiger partial charge in [-0.15, -0.1) is 0 Å². The Morgan fingerprint density at radius 2 is 1.82 bits per heavy atom. The van der Waals surface area contributed by atoms with Crippen molar-refractivity contribution in [3.63, 3.8) is 0 Å². The van der Waals surface area contributed by atoms with Gasteiger partial charge in [0, 0.05) is 30.0 Å². The second kappa shape index (κ2) is 11.4. The number of carbonyl (C=O) groups excluding carboxylic acids is 4. The van der Waals surface area contributed by atoms with E-state index in [4.69, 9.17) is 4.74 Å². The van der Waals surface area contributed by atoms with Crippen LogP contribution in [0.25, 0.3) is 0 Å². The Balaban J connectivity index is 1.16. The third-order valence-electron chi connectivity index (χ3n) is 8.73. The summed E-state index contributed by atoms with van der Waals surface area (Å²) < 4.78 is 6.38. The molecule has 1 aliphatic carbocycles. The molecule has 2 aliphatic heterocycles. The van der Waals surface area contributed by atoms with Gasteiger partial charge in [-0.2, -0.15) is 0 Å². The van der Waals surface area contributed by atoms with Crippen molar-refractivity contribution in [2.24, 2.45) is 5.92 Å². The molecule has 5 rings (SSSR count). The molecule has 2 aromatic carbocycles. The number of imide groups is 1. The van der Waals surface area contributed by atoms with Crippen molar-refractivity contribution in [1.29, 1.82) is 0 Å². The van der Waals surface area contributed by atoms with Crippen molar-refractivity contribution >= 4 is 23.6 Å². The van der Waals surface area contributed by atoms with E-state index in [0.29, 0.717) is 30.2 Å². The highest BCUT2D eigenvalue weighted by Crippen LogP contribution is 2.36. The van der Waals surface area contributed by atoms with E-state index in [1.165, 1.54) is 16.7 Å². The summed E-state index contributed by atoms with van der Waals surface area (Å²) in [6, 6.07) is 9.15. The highest BCUT2D eigenvalue weighted by atomic mass is 16.5. The maximum absolute atomic E-state index is 13.1. The summed E-state index contributed by atoms with van der Waals surface area (Å²) >= 11 is 0. The maximum atomic E-state index is 13.1. The van der Waals surface area contributed by atoms with Gasteiger partial charge in [0.1, 0.15) is 11.8 Å². The summed E-state index contributed by atoms with van der Waals surface area (Å²) in [4.78, 5) is 51.6. The third-order valence-corrected chi connectivity index (χ3v) is 8.73. The summed E-state index contributed by atoms with van der Waals surface area (Å²) in [6.45, 7) is 9.48. The molecule has 1 atom stereocenters. The van der Waals surface area contributed by atoms with Crippen LogP contribution in [0, 0.1) is 19.8 Å². The first-order valence-corrected chi connectivity index (χ1v) is 14.4. The number of rotatable bonds is 7. The summed E-state index contributed by atoms with van der Waals surface area (Å²) in [7, 11) is 0. The number of hydrogen-bond acceptors (Lipinski definition) is 5. The number of nitrogens with one attached hydrogen (secondary N) is 2. The van der Waals surface area contributed by atoms with Crippen LogP contribution in [0.3, 0.4) is 0 Å². The Hall–Kier alpha value is -3.68. The third kappa shape index (κ3) is 5.62. The largest absolute Gasteiger partial charge is 0.490 e. The Bertz CT molecular complexity index is 1340. The van der Waals surface area contributed by atoms with E-state index in [2.05, 4.69) is 50.5 Å². The molecular formula is C32H39N3O5. The molecule has 3 aliphatic rings. The Morgan fingerprint density at radius 3 is 2.52 bits per heavy atom. The molecule has 2 fully saturated rings. The number of ether oxygens (including phenoxy) is 1. The quantitative estimate of drug-likeness (QED) is 0.501. The van der Waals surface area contributed by atoms with Crippen LogP contribution in [0.15, 0.2) is 30.3 Å². The summed E-state index contributed by atoms with van der Waals surface area (Å²) in [5.74, 6) is 0.215. The van der Waals surface area contributed by atoms with Gasteiger partial charge in [0.2, 0.25) is 17.7 Å². The fourth-order valence-corrected chi connectivity index (χ4v) is 6.29. The predicted molar refractivity (Wildman–Crippen MR) is 151 cm³/mol. The Kier molecular flexibility index (Phi) is 7.97. The molecular weight excluding hydrogens is 506 g/mol. The lowest BCUT2D eigenvalue weighted by atomic mass is 9.86. The molecule has 2 heterocycles. The predicted octanol–water partition coefficient (Wildman–Crippen LogP) is 4.44. The molecule has 1 unspecified atom stereocenters. The van der Waals surface area contributed by atoms with Crippen molar-refractivity contribution in [3.8, 4) is 5.75 Å². The maximum Gasteiger partial charge on any atom is 0.255 e. The van der Waals surface area contributed by atoms with E-state index >= 15 is 0 Å². The zero-order valence-electron chi connectivity index (χ0n) is 23.8. The zero-order valence-corrected chi connectivity index (χ0v) is 23.8. The lowest BCUT2D eigenvalue weighted by Gasteiger charge is -2.30. The van der Waals surface area contributed by atoms with E-state index in [9.17, 15) is 19.2 Å². The van der Waals surface area contributed by atoms with Crippen molar-refractivity contribution in [3.05, 3.63) is 63.7 Å². The minimum atomic E-state index is -0.653. The van der Waals surface area contributed by atoms with Gasteiger partial charge in [0.05, 0.1) is 12.6 Å². The molecule has 0 bridgehead atoms. The molecule has 1 saturated carbocycles. The molecule has 8 heteroatoms. The smallest absolute Gasteiger partial charge is 0.255 e. The van der Waals surface area contributed by atoms with Crippen molar-refractivity contribution < 1.29 is 23.9 Å². The summed E-state index contributed by atoms with van der Waals surface area (Å²) in [5, 5.41) is 5.49. The zero-order chi connectivity index (χ0) is 28.6. The van der Waals surface area contributed by atoms with Crippen LogP contribution in [0.4, 0.5) is 0 Å². The van der Waals surface area contributed by atoms with E-state index in [0.717, 1.165) is 36.8 Å². The first-order chi connectivity index (χ1) is 19.1. The van der Waals surface area contributed by atoms with Gasteiger partial charge in [0.15, 0.2) is 0 Å². The fraction of sp³-hybridized carbons (Fsp3) is 0.500. The summed E-state index contributed by atoms with van der Waals surface area (Å²) in [5.41, 5.74) is 6.36. The molecule has 0 spiro atoms. The monoisotopic (exact) mass is 545 g/mol. The second-order valence-corrected chi connectivity index (χ2v) is 11.8. The topological polar surface area (TPSA) is 105 Å². The van der Waals surface area contributed by atoms with E-state index in [-0.39, 0.29) is 42.7 Å². The molecule has 4 amide bonds.